The molecule has 0 aliphatic carbocycles. The number of carbonyl (C=O) groups is 2. The molecule has 0 unspecified atom stereocenters. The number of halogens is 2. The summed E-state index contributed by atoms with van der Waals surface area (Å²) in [6, 6.07) is 13.8. The van der Waals surface area contributed by atoms with Crippen LogP contribution in [0.4, 0.5) is 0 Å². The molecule has 0 aliphatic heterocycles. The molecule has 0 spiro atoms. The number of ether oxygens (including phenoxy) is 2. The van der Waals surface area contributed by atoms with E-state index < -0.39 is 17.5 Å². The zero-order valence-electron chi connectivity index (χ0n) is 15.7. The van der Waals surface area contributed by atoms with Gasteiger partial charge in [0.2, 0.25) is 0 Å². The molecule has 1 amide bonds. The fraction of sp³-hybridized carbons (Fsp3) is 0.190. The highest BCUT2D eigenvalue weighted by atomic mass is 79.9. The van der Waals surface area contributed by atoms with E-state index in [1.165, 1.54) is 6.07 Å². The van der Waals surface area contributed by atoms with E-state index in [2.05, 4.69) is 37.2 Å². The highest BCUT2D eigenvalue weighted by Crippen LogP contribution is 2.28. The van der Waals surface area contributed by atoms with Crippen LogP contribution in [0, 0.1) is 0 Å². The highest BCUT2D eigenvalue weighted by molar-refractivity contribution is 9.11. The van der Waals surface area contributed by atoms with Gasteiger partial charge in [-0.3, -0.25) is 4.79 Å². The molecule has 0 saturated carbocycles. The summed E-state index contributed by atoms with van der Waals surface area (Å²) in [7, 11) is 0. The van der Waals surface area contributed by atoms with Gasteiger partial charge >= 0.3 is 11.6 Å². The lowest BCUT2D eigenvalue weighted by atomic mass is 10.2. The Bertz CT molecular complexity index is 1130. The van der Waals surface area contributed by atoms with Crippen molar-refractivity contribution in [2.75, 3.05) is 19.8 Å². The van der Waals surface area contributed by atoms with Gasteiger partial charge in [-0.1, -0.05) is 34.1 Å². The number of hydrogen-bond acceptors (Lipinski definition) is 6. The van der Waals surface area contributed by atoms with Crippen LogP contribution in [0.3, 0.4) is 0 Å². The molecule has 9 heteroatoms. The van der Waals surface area contributed by atoms with E-state index in [0.29, 0.717) is 27.6 Å². The monoisotopic (exact) mass is 537 g/mol. The Morgan fingerprint density at radius 1 is 1.07 bits per heavy atom. The molecule has 1 aromatic heterocycles. The molecule has 30 heavy (non-hydrogen) atoms. The second kappa shape index (κ2) is 10.4. The van der Waals surface area contributed by atoms with Crippen LogP contribution in [-0.4, -0.2) is 31.6 Å². The number of hydrogen-bond donors (Lipinski definition) is 1. The maximum Gasteiger partial charge on any atom is 0.349 e. The summed E-state index contributed by atoms with van der Waals surface area (Å²) in [5.41, 5.74) is -0.351. The van der Waals surface area contributed by atoms with Crippen LogP contribution < -0.4 is 15.7 Å². The Hall–Kier alpha value is -2.65. The smallest absolute Gasteiger partial charge is 0.349 e. The zero-order chi connectivity index (χ0) is 21.5. The second-order valence-corrected chi connectivity index (χ2v) is 7.95. The first-order valence-corrected chi connectivity index (χ1v) is 10.6. The molecule has 1 N–H and O–H groups in total. The maximum atomic E-state index is 12.2. The molecular formula is C21H17Br2NO6. The van der Waals surface area contributed by atoms with E-state index >= 15 is 0 Å². The summed E-state index contributed by atoms with van der Waals surface area (Å²) < 4.78 is 17.2. The van der Waals surface area contributed by atoms with Gasteiger partial charge in [-0.25, -0.2) is 9.59 Å². The topological polar surface area (TPSA) is 94.8 Å². The van der Waals surface area contributed by atoms with Crippen LogP contribution in [0.15, 0.2) is 66.7 Å². The first-order chi connectivity index (χ1) is 14.4. The fourth-order valence-corrected chi connectivity index (χ4v) is 3.71. The van der Waals surface area contributed by atoms with Crippen molar-refractivity contribution in [2.45, 2.75) is 6.42 Å². The predicted octanol–water partition coefficient (Wildman–Crippen LogP) is 4.06. The van der Waals surface area contributed by atoms with Gasteiger partial charge in [-0.2, -0.15) is 0 Å². The Morgan fingerprint density at radius 3 is 2.67 bits per heavy atom. The average molecular weight is 539 g/mol. The van der Waals surface area contributed by atoms with Crippen molar-refractivity contribution in [1.29, 1.82) is 0 Å². The van der Waals surface area contributed by atoms with Crippen LogP contribution in [0.5, 0.6) is 5.75 Å². The van der Waals surface area contributed by atoms with E-state index in [4.69, 9.17) is 13.9 Å². The molecular weight excluding hydrogens is 522 g/mol. The van der Waals surface area contributed by atoms with Crippen molar-refractivity contribution >= 4 is 54.7 Å². The molecule has 0 radical (unpaired) electrons. The lowest BCUT2D eigenvalue weighted by Crippen LogP contribution is -2.29. The third-order valence-corrected chi connectivity index (χ3v) is 5.11. The molecule has 0 atom stereocenters. The van der Waals surface area contributed by atoms with E-state index in [1.807, 2.05) is 0 Å². The number of esters is 1. The standard InChI is InChI=1S/C21H17Br2NO6/c22-14-6-7-18(16(23)11-14)29-12-19(25)28-9-3-8-24-20(26)15-10-13-4-1-2-5-17(13)30-21(15)27/h1-2,4-7,10-11H,3,8-9,12H2,(H,24,26). The first kappa shape index (κ1) is 22.0. The Kier molecular flexibility index (Phi) is 7.64. The van der Waals surface area contributed by atoms with Gasteiger partial charge in [-0.05, 0) is 52.7 Å². The molecule has 156 valence electrons. The molecule has 3 rings (SSSR count). The third kappa shape index (κ3) is 5.93. The minimum Gasteiger partial charge on any atom is -0.481 e. The van der Waals surface area contributed by atoms with Crippen LogP contribution >= 0.6 is 31.9 Å². The van der Waals surface area contributed by atoms with Gasteiger partial charge in [0, 0.05) is 16.4 Å². The molecule has 0 fully saturated rings. The lowest BCUT2D eigenvalue weighted by Gasteiger charge is -2.09. The fourth-order valence-electron chi connectivity index (χ4n) is 2.55. The molecule has 3 aromatic rings. The zero-order valence-corrected chi connectivity index (χ0v) is 18.8. The van der Waals surface area contributed by atoms with Crippen LogP contribution in [0.2, 0.25) is 0 Å². The molecule has 7 nitrogen and oxygen atoms in total. The second-order valence-electron chi connectivity index (χ2n) is 6.18. The average Bonchev–Trinajstić information content (AvgIpc) is 2.72. The van der Waals surface area contributed by atoms with Gasteiger partial charge in [0.25, 0.3) is 5.91 Å². The highest BCUT2D eigenvalue weighted by Gasteiger charge is 2.13. The van der Waals surface area contributed by atoms with E-state index in [9.17, 15) is 14.4 Å². The summed E-state index contributed by atoms with van der Waals surface area (Å²) in [5.74, 6) is -0.535. The third-order valence-electron chi connectivity index (χ3n) is 4.00. The normalized spacial score (nSPS) is 10.6. The summed E-state index contributed by atoms with van der Waals surface area (Å²) >= 11 is 6.68. The van der Waals surface area contributed by atoms with Crippen LogP contribution in [-0.2, 0) is 9.53 Å². The van der Waals surface area contributed by atoms with E-state index in [-0.39, 0.29) is 25.3 Å². The summed E-state index contributed by atoms with van der Waals surface area (Å²) in [6.45, 7) is 0.110. The van der Waals surface area contributed by atoms with Crippen LogP contribution in [0.1, 0.15) is 16.8 Å². The summed E-state index contributed by atoms with van der Waals surface area (Å²) in [5, 5.41) is 3.28. The minimum atomic E-state index is -0.700. The number of carbonyl (C=O) groups excluding carboxylic acids is 2. The number of nitrogens with one attached hydrogen (secondary N) is 1. The van der Waals surface area contributed by atoms with Gasteiger partial charge in [-0.15, -0.1) is 0 Å². The van der Waals surface area contributed by atoms with Crippen molar-refractivity contribution in [3.05, 3.63) is 73.5 Å². The van der Waals surface area contributed by atoms with Gasteiger partial charge in [0.1, 0.15) is 16.9 Å². The van der Waals surface area contributed by atoms with Gasteiger partial charge < -0.3 is 19.2 Å². The summed E-state index contributed by atoms with van der Waals surface area (Å²) in [4.78, 5) is 36.0. The quantitative estimate of drug-likeness (QED) is 0.264. The van der Waals surface area contributed by atoms with E-state index in [1.54, 1.807) is 42.5 Å². The van der Waals surface area contributed by atoms with Crippen molar-refractivity contribution < 1.29 is 23.5 Å². The maximum absolute atomic E-state index is 12.2. The van der Waals surface area contributed by atoms with Gasteiger partial charge in [0.15, 0.2) is 6.61 Å². The number of fused-ring (bicyclic) bond motifs is 1. The summed E-state index contributed by atoms with van der Waals surface area (Å²) in [6.07, 6.45) is 0.387. The van der Waals surface area contributed by atoms with Crippen molar-refractivity contribution in [3.63, 3.8) is 0 Å². The number of rotatable bonds is 8. The van der Waals surface area contributed by atoms with Crippen molar-refractivity contribution in [3.8, 4) is 5.75 Å². The molecule has 0 saturated heterocycles. The Balaban J connectivity index is 1.39. The Morgan fingerprint density at radius 2 is 1.87 bits per heavy atom. The number of benzene rings is 2. The lowest BCUT2D eigenvalue weighted by molar-refractivity contribution is -0.146. The number of amides is 1. The minimum absolute atomic E-state index is 0.0702. The van der Waals surface area contributed by atoms with Gasteiger partial charge in [0.05, 0.1) is 11.1 Å². The Labute approximate surface area is 188 Å². The number of para-hydroxylation sites is 1. The molecule has 2 aromatic carbocycles. The molecule has 0 bridgehead atoms. The molecule has 1 heterocycles. The largest absolute Gasteiger partial charge is 0.481 e. The predicted molar refractivity (Wildman–Crippen MR) is 118 cm³/mol. The van der Waals surface area contributed by atoms with E-state index in [0.717, 1.165) is 4.47 Å². The SMILES string of the molecule is O=C(COc1ccc(Br)cc1Br)OCCCNC(=O)c1cc2ccccc2oc1=O. The van der Waals surface area contributed by atoms with Crippen molar-refractivity contribution in [1.82, 2.24) is 5.32 Å². The van der Waals surface area contributed by atoms with Crippen molar-refractivity contribution in [2.24, 2.45) is 0 Å². The van der Waals surface area contributed by atoms with Crippen LogP contribution in [0.25, 0.3) is 11.0 Å². The first-order valence-electron chi connectivity index (χ1n) is 8.98. The molecule has 0 aliphatic rings.